The number of nitrogens with one attached hydrogen (secondary N) is 3. The molecule has 4 aromatic rings. The maximum absolute atomic E-state index is 15.6. The zero-order chi connectivity index (χ0) is 29.3. The van der Waals surface area contributed by atoms with Crippen LogP contribution in [0, 0.1) is 23.4 Å². The lowest BCUT2D eigenvalue weighted by molar-refractivity contribution is 0.0642. The number of carbonyl (C=O) groups excluding carboxylic acids is 1. The van der Waals surface area contributed by atoms with Gasteiger partial charge in [0.05, 0.1) is 23.4 Å². The summed E-state index contributed by atoms with van der Waals surface area (Å²) in [6, 6.07) is 5.07. The number of H-pyrrole nitrogens is 1. The molecule has 41 heavy (non-hydrogen) atoms. The Kier molecular flexibility index (Phi) is 8.07. The molecule has 5 rings (SSSR count). The number of aromatic amines is 1. The molecule has 0 radical (unpaired) electrons. The summed E-state index contributed by atoms with van der Waals surface area (Å²) in [6.07, 6.45) is 2.76. The highest BCUT2D eigenvalue weighted by Crippen LogP contribution is 2.36. The minimum absolute atomic E-state index is 0.0101. The van der Waals surface area contributed by atoms with E-state index in [0.29, 0.717) is 19.8 Å². The third kappa shape index (κ3) is 5.67. The van der Waals surface area contributed by atoms with Crippen LogP contribution in [0.3, 0.4) is 0 Å². The zero-order valence-corrected chi connectivity index (χ0v) is 23.0. The number of benzene rings is 2. The van der Waals surface area contributed by atoms with Crippen LogP contribution in [0.25, 0.3) is 22.0 Å². The second kappa shape index (κ2) is 11.5. The van der Waals surface area contributed by atoms with E-state index in [1.165, 1.54) is 13.2 Å². The zero-order valence-electron chi connectivity index (χ0n) is 21.4. The molecule has 1 amide bonds. The molecule has 10 nitrogen and oxygen atoms in total. The SMILES string of the molecule is COc1ncc(Cl)cc1S(=O)(=O)Nc1ccc(F)c(-c2ccc3c(C(=O)NCC4CCOCC4)[nH]nc3c2F)c1F. The average molecular weight is 610 g/mol. The number of sulfonamides is 1. The van der Waals surface area contributed by atoms with Crippen molar-refractivity contribution in [3.05, 3.63) is 64.7 Å². The molecule has 0 spiro atoms. The summed E-state index contributed by atoms with van der Waals surface area (Å²) >= 11 is 5.87. The van der Waals surface area contributed by atoms with Gasteiger partial charge in [-0.3, -0.25) is 14.6 Å². The fourth-order valence-corrected chi connectivity index (χ4v) is 5.95. The molecule has 2 aromatic carbocycles. The quantitative estimate of drug-likeness (QED) is 0.264. The lowest BCUT2D eigenvalue weighted by Crippen LogP contribution is -2.32. The summed E-state index contributed by atoms with van der Waals surface area (Å²) in [5, 5.41) is 9.21. The van der Waals surface area contributed by atoms with Crippen molar-refractivity contribution in [3.63, 3.8) is 0 Å². The molecule has 0 atom stereocenters. The number of pyridine rings is 1. The lowest BCUT2D eigenvalue weighted by atomic mass is 10.00. The minimum atomic E-state index is -4.52. The van der Waals surface area contributed by atoms with Crippen molar-refractivity contribution in [1.82, 2.24) is 20.5 Å². The predicted octanol–water partition coefficient (Wildman–Crippen LogP) is 4.66. The minimum Gasteiger partial charge on any atom is -0.480 e. The summed E-state index contributed by atoms with van der Waals surface area (Å²) in [5.74, 6) is -4.22. The first-order valence-electron chi connectivity index (χ1n) is 12.3. The van der Waals surface area contributed by atoms with Crippen molar-refractivity contribution >= 4 is 44.1 Å². The monoisotopic (exact) mass is 609 g/mol. The number of nitrogens with zero attached hydrogens (tertiary/aromatic N) is 2. The Labute approximate surface area is 237 Å². The fourth-order valence-electron chi connectivity index (χ4n) is 4.52. The average Bonchev–Trinajstić information content (AvgIpc) is 3.40. The molecule has 3 heterocycles. The van der Waals surface area contributed by atoms with Crippen LogP contribution in [-0.2, 0) is 14.8 Å². The topological polar surface area (TPSA) is 135 Å². The number of carbonyl (C=O) groups is 1. The van der Waals surface area contributed by atoms with Crippen LogP contribution in [0.15, 0.2) is 41.4 Å². The van der Waals surface area contributed by atoms with Gasteiger partial charge in [0.2, 0.25) is 5.88 Å². The molecule has 2 aromatic heterocycles. The Bertz CT molecular complexity index is 1750. The van der Waals surface area contributed by atoms with Crippen LogP contribution in [0.5, 0.6) is 5.88 Å². The van der Waals surface area contributed by atoms with Gasteiger partial charge in [0.25, 0.3) is 15.9 Å². The summed E-state index contributed by atoms with van der Waals surface area (Å²) in [6.45, 7) is 1.63. The highest BCUT2D eigenvalue weighted by atomic mass is 35.5. The van der Waals surface area contributed by atoms with Gasteiger partial charge in [-0.25, -0.2) is 26.6 Å². The first-order chi connectivity index (χ1) is 19.6. The number of aromatic nitrogens is 3. The highest BCUT2D eigenvalue weighted by Gasteiger charge is 2.27. The summed E-state index contributed by atoms with van der Waals surface area (Å²) < 4.78 is 84.4. The summed E-state index contributed by atoms with van der Waals surface area (Å²) in [4.78, 5) is 16.0. The standard InChI is InChI=1S/C26H23ClF3N5O5S/c1-39-26-19(10-14(27)12-32-26)41(37,38)35-18-5-4-17(28)20(22(18)30)15-2-3-16-23(21(15)29)33-34-24(16)25(36)31-11-13-6-8-40-9-7-13/h2-5,10,12-13,35H,6-9,11H2,1H3,(H,31,36)(H,33,34). The molecule has 1 aliphatic rings. The second-order valence-electron chi connectivity index (χ2n) is 9.24. The van der Waals surface area contributed by atoms with Crippen molar-refractivity contribution < 1.29 is 35.9 Å². The molecule has 15 heteroatoms. The number of ether oxygens (including phenoxy) is 2. The molecular weight excluding hydrogens is 587 g/mol. The number of amides is 1. The molecule has 0 saturated carbocycles. The summed E-state index contributed by atoms with van der Waals surface area (Å²) in [5.41, 5.74) is -2.37. The van der Waals surface area contributed by atoms with Gasteiger partial charge >= 0.3 is 0 Å². The maximum Gasteiger partial charge on any atom is 0.269 e. The van der Waals surface area contributed by atoms with Gasteiger partial charge in [0.1, 0.15) is 17.0 Å². The third-order valence-electron chi connectivity index (χ3n) is 6.66. The van der Waals surface area contributed by atoms with Crippen molar-refractivity contribution in [3.8, 4) is 17.0 Å². The third-order valence-corrected chi connectivity index (χ3v) is 8.22. The Morgan fingerprint density at radius 2 is 1.93 bits per heavy atom. The van der Waals surface area contributed by atoms with E-state index in [1.807, 2.05) is 4.72 Å². The van der Waals surface area contributed by atoms with E-state index >= 15 is 8.78 Å². The number of methoxy groups -OCH3 is 1. The van der Waals surface area contributed by atoms with Crippen LogP contribution >= 0.6 is 11.6 Å². The van der Waals surface area contributed by atoms with E-state index in [9.17, 15) is 17.6 Å². The van der Waals surface area contributed by atoms with Crippen molar-refractivity contribution in [2.75, 3.05) is 31.6 Å². The van der Waals surface area contributed by atoms with Crippen LogP contribution in [0.2, 0.25) is 5.02 Å². The van der Waals surface area contributed by atoms with Gasteiger partial charge in [-0.2, -0.15) is 5.10 Å². The van der Waals surface area contributed by atoms with E-state index in [0.717, 1.165) is 43.3 Å². The molecule has 216 valence electrons. The van der Waals surface area contributed by atoms with Crippen LogP contribution in [0.1, 0.15) is 23.3 Å². The number of hydrogen-bond donors (Lipinski definition) is 3. The Morgan fingerprint density at radius 3 is 2.66 bits per heavy atom. The van der Waals surface area contributed by atoms with Gasteiger partial charge in [0, 0.05) is 36.9 Å². The Morgan fingerprint density at radius 1 is 1.17 bits per heavy atom. The smallest absolute Gasteiger partial charge is 0.269 e. The molecule has 3 N–H and O–H groups in total. The lowest BCUT2D eigenvalue weighted by Gasteiger charge is -2.21. The van der Waals surface area contributed by atoms with Crippen LogP contribution in [-0.4, -0.2) is 56.4 Å². The van der Waals surface area contributed by atoms with E-state index in [4.69, 9.17) is 21.1 Å². The normalized spacial score (nSPS) is 14.3. The largest absolute Gasteiger partial charge is 0.480 e. The van der Waals surface area contributed by atoms with Gasteiger partial charge in [0.15, 0.2) is 16.5 Å². The van der Waals surface area contributed by atoms with E-state index < -0.39 is 55.1 Å². The molecule has 1 aliphatic heterocycles. The highest BCUT2D eigenvalue weighted by molar-refractivity contribution is 7.92. The number of rotatable bonds is 8. The number of anilines is 1. The van der Waals surface area contributed by atoms with Crippen LogP contribution < -0.4 is 14.8 Å². The molecule has 1 saturated heterocycles. The molecular formula is C26H23ClF3N5O5S. The maximum atomic E-state index is 15.6. The number of halogens is 4. The Hall–Kier alpha value is -3.88. The molecule has 1 fully saturated rings. The number of fused-ring (bicyclic) bond motifs is 1. The number of hydrogen-bond acceptors (Lipinski definition) is 7. The van der Waals surface area contributed by atoms with E-state index in [-0.39, 0.29) is 33.4 Å². The first-order valence-corrected chi connectivity index (χ1v) is 14.2. The van der Waals surface area contributed by atoms with Crippen molar-refractivity contribution in [2.45, 2.75) is 17.7 Å². The van der Waals surface area contributed by atoms with Crippen molar-refractivity contribution in [2.24, 2.45) is 5.92 Å². The van der Waals surface area contributed by atoms with Gasteiger partial charge in [-0.05, 0) is 43.0 Å². The predicted molar refractivity (Wildman–Crippen MR) is 144 cm³/mol. The second-order valence-corrected chi connectivity index (χ2v) is 11.3. The fraction of sp³-hybridized carbons (Fsp3) is 0.269. The molecule has 0 bridgehead atoms. The molecule has 0 unspecified atom stereocenters. The summed E-state index contributed by atoms with van der Waals surface area (Å²) in [7, 11) is -3.34. The van der Waals surface area contributed by atoms with E-state index in [2.05, 4.69) is 20.5 Å². The van der Waals surface area contributed by atoms with Gasteiger partial charge < -0.3 is 14.8 Å². The van der Waals surface area contributed by atoms with Crippen LogP contribution in [0.4, 0.5) is 18.9 Å². The molecule has 0 aliphatic carbocycles. The van der Waals surface area contributed by atoms with Gasteiger partial charge in [-0.15, -0.1) is 0 Å². The van der Waals surface area contributed by atoms with Crippen molar-refractivity contribution in [1.29, 1.82) is 0 Å². The van der Waals surface area contributed by atoms with E-state index in [1.54, 1.807) is 0 Å². The first kappa shape index (κ1) is 28.6. The Balaban J connectivity index is 1.46. The van der Waals surface area contributed by atoms with Gasteiger partial charge in [-0.1, -0.05) is 17.7 Å².